The van der Waals surface area contributed by atoms with Crippen LogP contribution in [0.1, 0.15) is 38.7 Å². The standard InChI is InChI=1S/C15H24BrN/c1-3-12(4-2)9-14(11-17)10-13-5-7-15(16)8-6-13/h5-8,12,14H,3-4,9-11,17H2,1-2H3. The Morgan fingerprint density at radius 2 is 1.65 bits per heavy atom. The number of hydrogen-bond donors (Lipinski definition) is 1. The summed E-state index contributed by atoms with van der Waals surface area (Å²) in [6.45, 7) is 5.36. The van der Waals surface area contributed by atoms with E-state index in [2.05, 4.69) is 54.0 Å². The molecule has 0 aliphatic rings. The van der Waals surface area contributed by atoms with Crippen LogP contribution in [0, 0.1) is 11.8 Å². The van der Waals surface area contributed by atoms with E-state index in [1.165, 1.54) is 24.8 Å². The minimum Gasteiger partial charge on any atom is -0.330 e. The minimum atomic E-state index is 0.626. The van der Waals surface area contributed by atoms with Gasteiger partial charge in [-0.1, -0.05) is 54.8 Å². The molecule has 1 rings (SSSR count). The second kappa shape index (κ2) is 7.88. The Labute approximate surface area is 114 Å². The lowest BCUT2D eigenvalue weighted by atomic mass is 9.87. The van der Waals surface area contributed by atoms with Gasteiger partial charge < -0.3 is 5.73 Å². The lowest BCUT2D eigenvalue weighted by molar-refractivity contribution is 0.356. The third-order valence-corrected chi connectivity index (χ3v) is 4.12. The second-order valence-electron chi connectivity index (χ2n) is 4.85. The third-order valence-electron chi connectivity index (χ3n) is 3.59. The zero-order valence-corrected chi connectivity index (χ0v) is 12.5. The van der Waals surface area contributed by atoms with Crippen LogP contribution in [-0.2, 0) is 6.42 Å². The van der Waals surface area contributed by atoms with E-state index in [-0.39, 0.29) is 0 Å². The second-order valence-corrected chi connectivity index (χ2v) is 5.77. The number of nitrogens with two attached hydrogens (primary N) is 1. The predicted molar refractivity (Wildman–Crippen MR) is 79.1 cm³/mol. The molecule has 1 aromatic rings. The van der Waals surface area contributed by atoms with Gasteiger partial charge in [-0.25, -0.2) is 0 Å². The van der Waals surface area contributed by atoms with Gasteiger partial charge in [-0.2, -0.15) is 0 Å². The molecule has 1 nitrogen and oxygen atoms in total. The average Bonchev–Trinajstić information content (AvgIpc) is 2.37. The molecule has 1 aromatic carbocycles. The smallest absolute Gasteiger partial charge is 0.0175 e. The van der Waals surface area contributed by atoms with Crippen LogP contribution in [0.3, 0.4) is 0 Å². The Morgan fingerprint density at radius 3 is 2.12 bits per heavy atom. The molecule has 0 saturated carbocycles. The van der Waals surface area contributed by atoms with E-state index < -0.39 is 0 Å². The van der Waals surface area contributed by atoms with Crippen molar-refractivity contribution in [2.75, 3.05) is 6.54 Å². The summed E-state index contributed by atoms with van der Waals surface area (Å²) in [7, 11) is 0. The fraction of sp³-hybridized carbons (Fsp3) is 0.600. The van der Waals surface area contributed by atoms with Gasteiger partial charge >= 0.3 is 0 Å². The van der Waals surface area contributed by atoms with Gasteiger partial charge in [0.25, 0.3) is 0 Å². The van der Waals surface area contributed by atoms with Gasteiger partial charge in [-0.3, -0.25) is 0 Å². The predicted octanol–water partition coefficient (Wildman–Crippen LogP) is 4.39. The number of rotatable bonds is 7. The fourth-order valence-electron chi connectivity index (χ4n) is 2.31. The Kier molecular flexibility index (Phi) is 6.83. The molecule has 96 valence electrons. The summed E-state index contributed by atoms with van der Waals surface area (Å²) in [6, 6.07) is 8.61. The van der Waals surface area contributed by atoms with Crippen molar-refractivity contribution in [3.05, 3.63) is 34.3 Å². The molecule has 1 atom stereocenters. The van der Waals surface area contributed by atoms with Gasteiger partial charge in [0.2, 0.25) is 0 Å². The molecular weight excluding hydrogens is 274 g/mol. The summed E-state index contributed by atoms with van der Waals surface area (Å²) in [5.74, 6) is 1.46. The molecule has 0 spiro atoms. The first-order valence-corrected chi connectivity index (χ1v) is 7.43. The maximum Gasteiger partial charge on any atom is 0.0175 e. The van der Waals surface area contributed by atoms with E-state index in [0.29, 0.717) is 5.92 Å². The highest BCUT2D eigenvalue weighted by Gasteiger charge is 2.13. The molecular formula is C15H24BrN. The topological polar surface area (TPSA) is 26.0 Å². The molecule has 2 heteroatoms. The molecule has 0 radical (unpaired) electrons. The van der Waals surface area contributed by atoms with Gasteiger partial charge in [0, 0.05) is 4.47 Å². The first kappa shape index (κ1) is 14.7. The molecule has 1 unspecified atom stereocenters. The van der Waals surface area contributed by atoms with Crippen LogP contribution in [0.5, 0.6) is 0 Å². The van der Waals surface area contributed by atoms with Crippen molar-refractivity contribution in [1.29, 1.82) is 0 Å². The average molecular weight is 298 g/mol. The Morgan fingerprint density at radius 1 is 1.06 bits per heavy atom. The van der Waals surface area contributed by atoms with E-state index in [9.17, 15) is 0 Å². The van der Waals surface area contributed by atoms with Crippen LogP contribution in [0.2, 0.25) is 0 Å². The summed E-state index contributed by atoms with van der Waals surface area (Å²) < 4.78 is 1.14. The fourth-order valence-corrected chi connectivity index (χ4v) is 2.57. The Hall–Kier alpha value is -0.340. The van der Waals surface area contributed by atoms with Crippen LogP contribution in [0.15, 0.2) is 28.7 Å². The highest BCUT2D eigenvalue weighted by atomic mass is 79.9. The number of halogens is 1. The van der Waals surface area contributed by atoms with Gasteiger partial charge in [0.05, 0.1) is 0 Å². The maximum atomic E-state index is 5.90. The molecule has 0 aliphatic heterocycles. The van der Waals surface area contributed by atoms with Crippen LogP contribution in [0.25, 0.3) is 0 Å². The minimum absolute atomic E-state index is 0.626. The molecule has 0 fully saturated rings. The summed E-state index contributed by atoms with van der Waals surface area (Å²) >= 11 is 3.47. The molecule has 0 amide bonds. The van der Waals surface area contributed by atoms with E-state index >= 15 is 0 Å². The first-order valence-electron chi connectivity index (χ1n) is 6.64. The lowest BCUT2D eigenvalue weighted by Gasteiger charge is -2.20. The molecule has 0 aromatic heterocycles. The van der Waals surface area contributed by atoms with E-state index in [1.54, 1.807) is 0 Å². The molecule has 0 aliphatic carbocycles. The molecule has 17 heavy (non-hydrogen) atoms. The maximum absolute atomic E-state index is 5.90. The molecule has 2 N–H and O–H groups in total. The SMILES string of the molecule is CCC(CC)CC(CN)Cc1ccc(Br)cc1. The number of hydrogen-bond acceptors (Lipinski definition) is 1. The lowest BCUT2D eigenvalue weighted by Crippen LogP contribution is -2.20. The number of benzene rings is 1. The van der Waals surface area contributed by atoms with Crippen molar-refractivity contribution in [1.82, 2.24) is 0 Å². The van der Waals surface area contributed by atoms with Gasteiger partial charge in [0.15, 0.2) is 0 Å². The molecule has 0 saturated heterocycles. The van der Waals surface area contributed by atoms with Crippen molar-refractivity contribution in [3.8, 4) is 0 Å². The first-order chi connectivity index (χ1) is 8.19. The summed E-state index contributed by atoms with van der Waals surface area (Å²) in [5, 5.41) is 0. The van der Waals surface area contributed by atoms with Gasteiger partial charge in [-0.05, 0) is 48.9 Å². The van der Waals surface area contributed by atoms with Crippen molar-refractivity contribution >= 4 is 15.9 Å². The third kappa shape index (κ3) is 5.22. The van der Waals surface area contributed by atoms with E-state index in [4.69, 9.17) is 5.73 Å². The van der Waals surface area contributed by atoms with Crippen LogP contribution in [0.4, 0.5) is 0 Å². The van der Waals surface area contributed by atoms with Crippen LogP contribution < -0.4 is 5.73 Å². The van der Waals surface area contributed by atoms with E-state index in [1.807, 2.05) is 0 Å². The molecule has 0 heterocycles. The normalized spacial score (nSPS) is 13.0. The highest BCUT2D eigenvalue weighted by molar-refractivity contribution is 9.10. The summed E-state index contributed by atoms with van der Waals surface area (Å²) in [5.41, 5.74) is 7.30. The Bertz CT molecular complexity index is 303. The Balaban J connectivity index is 2.54. The quantitative estimate of drug-likeness (QED) is 0.793. The zero-order chi connectivity index (χ0) is 12.7. The monoisotopic (exact) mass is 297 g/mol. The highest BCUT2D eigenvalue weighted by Crippen LogP contribution is 2.22. The van der Waals surface area contributed by atoms with Crippen molar-refractivity contribution < 1.29 is 0 Å². The van der Waals surface area contributed by atoms with Crippen molar-refractivity contribution in [3.63, 3.8) is 0 Å². The largest absolute Gasteiger partial charge is 0.330 e. The summed E-state index contributed by atoms with van der Waals surface area (Å²) in [6.07, 6.45) is 4.92. The van der Waals surface area contributed by atoms with Crippen molar-refractivity contribution in [2.45, 2.75) is 39.5 Å². The van der Waals surface area contributed by atoms with Gasteiger partial charge in [0.1, 0.15) is 0 Å². The molecule has 0 bridgehead atoms. The van der Waals surface area contributed by atoms with Crippen LogP contribution in [-0.4, -0.2) is 6.54 Å². The van der Waals surface area contributed by atoms with Crippen molar-refractivity contribution in [2.24, 2.45) is 17.6 Å². The van der Waals surface area contributed by atoms with Crippen LogP contribution >= 0.6 is 15.9 Å². The summed E-state index contributed by atoms with van der Waals surface area (Å²) in [4.78, 5) is 0. The van der Waals surface area contributed by atoms with Gasteiger partial charge in [-0.15, -0.1) is 0 Å². The van der Waals surface area contributed by atoms with E-state index in [0.717, 1.165) is 23.4 Å². The zero-order valence-electron chi connectivity index (χ0n) is 11.0.